The fraction of sp³-hybridized carbons (Fsp3) is 0.500. The predicted octanol–water partition coefficient (Wildman–Crippen LogP) is 3.89. The van der Waals surface area contributed by atoms with Crippen molar-refractivity contribution in [1.82, 2.24) is 20.6 Å². The van der Waals surface area contributed by atoms with E-state index in [-0.39, 0.29) is 18.6 Å². The van der Waals surface area contributed by atoms with Gasteiger partial charge in [0.15, 0.2) is 5.78 Å². The average molecular weight is 605 g/mol. The van der Waals surface area contributed by atoms with Gasteiger partial charge in [0.2, 0.25) is 0 Å². The number of aromatic nitrogens is 2. The Balaban J connectivity index is 0.000000648. The highest BCUT2D eigenvalue weighted by atomic mass is 16.6. The van der Waals surface area contributed by atoms with Crippen molar-refractivity contribution in [2.45, 2.75) is 91.5 Å². The summed E-state index contributed by atoms with van der Waals surface area (Å²) >= 11 is 0. The van der Waals surface area contributed by atoms with Crippen LogP contribution in [0.15, 0.2) is 48.8 Å². The summed E-state index contributed by atoms with van der Waals surface area (Å²) in [5.41, 5.74) is 0.133. The summed E-state index contributed by atoms with van der Waals surface area (Å²) in [6, 6.07) is 9.30. The van der Waals surface area contributed by atoms with Gasteiger partial charge in [-0.3, -0.25) is 19.6 Å². The SMILES string of the molecule is CC(NC(=O)OC(C)(C)C)C(=O)Cc1ccccn1.COC(=O)[C@H](C)NC(=O)OC(C)(C)C.O=C(O)Cc1ccccn1. The Labute approximate surface area is 252 Å². The maximum Gasteiger partial charge on any atom is 0.408 e. The van der Waals surface area contributed by atoms with E-state index in [1.54, 1.807) is 91.2 Å². The summed E-state index contributed by atoms with van der Waals surface area (Å²) in [6.45, 7) is 13.7. The molecule has 2 atom stereocenters. The second-order valence-corrected chi connectivity index (χ2v) is 11.1. The molecule has 0 saturated heterocycles. The predicted molar refractivity (Wildman–Crippen MR) is 158 cm³/mol. The van der Waals surface area contributed by atoms with E-state index in [9.17, 15) is 24.0 Å². The zero-order valence-corrected chi connectivity index (χ0v) is 26.3. The van der Waals surface area contributed by atoms with Gasteiger partial charge in [0.05, 0.1) is 31.7 Å². The molecule has 1 unspecified atom stereocenters. The van der Waals surface area contributed by atoms with Gasteiger partial charge in [0, 0.05) is 18.1 Å². The van der Waals surface area contributed by atoms with E-state index in [1.165, 1.54) is 14.0 Å². The number of nitrogens with one attached hydrogen (secondary N) is 2. The van der Waals surface area contributed by atoms with Gasteiger partial charge in [-0.1, -0.05) is 12.1 Å². The Hall–Kier alpha value is -4.55. The van der Waals surface area contributed by atoms with Gasteiger partial charge in [0.25, 0.3) is 0 Å². The number of carboxylic acids is 1. The first-order valence-corrected chi connectivity index (χ1v) is 13.4. The van der Waals surface area contributed by atoms with Gasteiger partial charge in [-0.15, -0.1) is 0 Å². The monoisotopic (exact) mass is 604 g/mol. The number of carboxylic acid groups (broad SMARTS) is 1. The molecule has 0 bridgehead atoms. The highest BCUT2D eigenvalue weighted by Crippen LogP contribution is 2.08. The van der Waals surface area contributed by atoms with Gasteiger partial charge in [0.1, 0.15) is 17.2 Å². The normalized spacial score (nSPS) is 11.9. The number of carbonyl (C=O) groups is 5. The second-order valence-electron chi connectivity index (χ2n) is 11.1. The topological polar surface area (TPSA) is 183 Å². The summed E-state index contributed by atoms with van der Waals surface area (Å²) in [4.78, 5) is 63.5. The number of amides is 2. The van der Waals surface area contributed by atoms with Gasteiger partial charge < -0.3 is 30.0 Å². The van der Waals surface area contributed by atoms with E-state index < -0.39 is 47.4 Å². The number of rotatable bonds is 8. The molecule has 43 heavy (non-hydrogen) atoms. The van der Waals surface area contributed by atoms with Crippen LogP contribution >= 0.6 is 0 Å². The number of alkyl carbamates (subject to hydrolysis) is 2. The van der Waals surface area contributed by atoms with Gasteiger partial charge in [-0.25, -0.2) is 14.4 Å². The third-order valence-corrected chi connectivity index (χ3v) is 4.64. The number of methoxy groups -OCH3 is 1. The molecular formula is C30H44N4O9. The lowest BCUT2D eigenvalue weighted by molar-refractivity contribution is -0.142. The molecular weight excluding hydrogens is 560 g/mol. The fourth-order valence-electron chi connectivity index (χ4n) is 2.78. The number of aliphatic carboxylic acids is 1. The van der Waals surface area contributed by atoms with E-state index in [2.05, 4.69) is 25.3 Å². The van der Waals surface area contributed by atoms with Crippen LogP contribution in [0.4, 0.5) is 9.59 Å². The molecule has 2 rings (SSSR count). The van der Waals surface area contributed by atoms with Crippen molar-refractivity contribution in [3.05, 3.63) is 60.2 Å². The molecule has 0 fully saturated rings. The molecule has 0 aliphatic carbocycles. The number of Topliss-reactive ketones (excluding diaryl/α,β-unsaturated/α-hetero) is 1. The van der Waals surface area contributed by atoms with E-state index >= 15 is 0 Å². The van der Waals surface area contributed by atoms with Crippen LogP contribution in [0.3, 0.4) is 0 Å². The van der Waals surface area contributed by atoms with Crippen LogP contribution in [0.5, 0.6) is 0 Å². The molecule has 13 heteroatoms. The standard InChI is InChI=1S/C14H20N2O3.C9H17NO4.C7H7NO2/c1-10(16-13(18)19-14(2,3)4)12(17)9-11-7-5-6-8-15-11;1-6(7(11)13-5)10-8(12)14-9(2,3)4;9-7(10)5-6-3-1-2-4-8-6/h5-8,10H,9H2,1-4H3,(H,16,18);6H,1-5H3,(H,10,12);1-4H,5H2,(H,9,10)/t;6-;/m.0./s1. The summed E-state index contributed by atoms with van der Waals surface area (Å²) in [5.74, 6) is -1.46. The quantitative estimate of drug-likeness (QED) is 0.293. The van der Waals surface area contributed by atoms with Crippen molar-refractivity contribution >= 4 is 29.9 Å². The maximum atomic E-state index is 11.9. The Morgan fingerprint density at radius 3 is 1.51 bits per heavy atom. The highest BCUT2D eigenvalue weighted by Gasteiger charge is 2.22. The second kappa shape index (κ2) is 18.8. The number of hydrogen-bond acceptors (Lipinski definition) is 10. The Morgan fingerprint density at radius 2 is 1.16 bits per heavy atom. The number of ketones is 1. The highest BCUT2D eigenvalue weighted by molar-refractivity contribution is 5.88. The van der Waals surface area contributed by atoms with Crippen molar-refractivity contribution in [3.8, 4) is 0 Å². The number of ether oxygens (including phenoxy) is 3. The number of nitrogens with zero attached hydrogens (tertiary/aromatic N) is 2. The van der Waals surface area contributed by atoms with E-state index in [0.717, 1.165) is 0 Å². The lowest BCUT2D eigenvalue weighted by Crippen LogP contribution is -2.42. The molecule has 2 heterocycles. The van der Waals surface area contributed by atoms with Crippen LogP contribution in [0, 0.1) is 0 Å². The van der Waals surface area contributed by atoms with Crippen molar-refractivity contribution < 1.29 is 43.3 Å². The van der Waals surface area contributed by atoms with Crippen molar-refractivity contribution in [2.75, 3.05) is 7.11 Å². The number of hydrogen-bond donors (Lipinski definition) is 3. The van der Waals surface area contributed by atoms with E-state index in [0.29, 0.717) is 11.4 Å². The first kappa shape index (κ1) is 38.5. The molecule has 0 aliphatic rings. The number of pyridine rings is 2. The molecule has 3 N–H and O–H groups in total. The first-order chi connectivity index (χ1) is 19.8. The minimum Gasteiger partial charge on any atom is -0.481 e. The van der Waals surface area contributed by atoms with Crippen LogP contribution < -0.4 is 10.6 Å². The molecule has 2 aromatic rings. The summed E-state index contributed by atoms with van der Waals surface area (Å²) < 4.78 is 14.5. The lowest BCUT2D eigenvalue weighted by Gasteiger charge is -2.21. The number of esters is 1. The molecule has 0 aromatic carbocycles. The summed E-state index contributed by atoms with van der Waals surface area (Å²) in [7, 11) is 1.26. The Kier molecular flexibility index (Phi) is 16.8. The lowest BCUT2D eigenvalue weighted by atomic mass is 10.1. The molecule has 2 aromatic heterocycles. The van der Waals surface area contributed by atoms with Gasteiger partial charge in [-0.2, -0.15) is 0 Å². The fourth-order valence-corrected chi connectivity index (χ4v) is 2.78. The molecule has 0 radical (unpaired) electrons. The average Bonchev–Trinajstić information content (AvgIpc) is 2.87. The zero-order valence-electron chi connectivity index (χ0n) is 26.3. The smallest absolute Gasteiger partial charge is 0.408 e. The largest absolute Gasteiger partial charge is 0.481 e. The Morgan fingerprint density at radius 1 is 0.744 bits per heavy atom. The van der Waals surface area contributed by atoms with E-state index in [4.69, 9.17) is 14.6 Å². The zero-order chi connectivity index (χ0) is 33.2. The van der Waals surface area contributed by atoms with Gasteiger partial charge in [-0.05, 0) is 79.7 Å². The van der Waals surface area contributed by atoms with Gasteiger partial charge >= 0.3 is 24.1 Å². The molecule has 2 amide bonds. The third kappa shape index (κ3) is 20.9. The van der Waals surface area contributed by atoms with Crippen LogP contribution in [0.25, 0.3) is 0 Å². The van der Waals surface area contributed by atoms with Crippen molar-refractivity contribution in [2.24, 2.45) is 0 Å². The minimum atomic E-state index is -0.848. The van der Waals surface area contributed by atoms with Crippen LogP contribution in [-0.4, -0.2) is 75.4 Å². The van der Waals surface area contributed by atoms with Crippen molar-refractivity contribution in [1.29, 1.82) is 0 Å². The molecule has 238 valence electrons. The Bertz CT molecular complexity index is 1160. The minimum absolute atomic E-state index is 0.000833. The third-order valence-electron chi connectivity index (χ3n) is 4.64. The molecule has 0 saturated carbocycles. The van der Waals surface area contributed by atoms with Crippen LogP contribution in [-0.2, 0) is 41.4 Å². The molecule has 13 nitrogen and oxygen atoms in total. The van der Waals surface area contributed by atoms with Crippen molar-refractivity contribution in [3.63, 3.8) is 0 Å². The molecule has 0 spiro atoms. The first-order valence-electron chi connectivity index (χ1n) is 13.4. The summed E-state index contributed by atoms with van der Waals surface area (Å²) in [5, 5.41) is 13.2. The van der Waals surface area contributed by atoms with Crippen LogP contribution in [0.2, 0.25) is 0 Å². The summed E-state index contributed by atoms with van der Waals surface area (Å²) in [6.07, 6.45) is 2.19. The van der Waals surface area contributed by atoms with Crippen LogP contribution in [0.1, 0.15) is 66.8 Å². The molecule has 0 aliphatic heterocycles. The maximum absolute atomic E-state index is 11.9. The number of carbonyl (C=O) groups excluding carboxylic acids is 4. The van der Waals surface area contributed by atoms with E-state index in [1.807, 2.05) is 6.07 Å².